The van der Waals surface area contributed by atoms with Gasteiger partial charge in [0.25, 0.3) is 0 Å². The highest BCUT2D eigenvalue weighted by Crippen LogP contribution is 2.50. The Balaban J connectivity index is 1.90. The molecule has 0 aliphatic carbocycles. The van der Waals surface area contributed by atoms with Gasteiger partial charge in [-0.1, -0.05) is 0 Å². The lowest BCUT2D eigenvalue weighted by Crippen LogP contribution is -2.03. The lowest BCUT2D eigenvalue weighted by Gasteiger charge is -2.17. The molecule has 1 heterocycles. The van der Waals surface area contributed by atoms with Gasteiger partial charge in [0.2, 0.25) is 11.5 Å². The molecule has 1 saturated heterocycles. The highest BCUT2D eigenvalue weighted by atomic mass is 32.2. The van der Waals surface area contributed by atoms with E-state index >= 15 is 0 Å². The van der Waals surface area contributed by atoms with E-state index < -0.39 is 21.8 Å². The van der Waals surface area contributed by atoms with Crippen LogP contribution in [0.15, 0.2) is 24.3 Å². The van der Waals surface area contributed by atoms with Crippen molar-refractivity contribution < 1.29 is 34.1 Å². The molecule has 150 valence electrons. The standard InChI is InChI=1S/C18H19NO8S/c1-24-12-7-10(4-11(16(12)20)19(22)23)18-27-15(8-28-18)9-5-13(25-2)17(21)14(6-9)26-3/h4-7,15,18,20-21H,8H2,1-3H3/t15-,18+/m1/s1. The fourth-order valence-electron chi connectivity index (χ4n) is 2.90. The zero-order valence-electron chi connectivity index (χ0n) is 15.4. The van der Waals surface area contributed by atoms with Gasteiger partial charge in [-0.05, 0) is 23.8 Å². The quantitative estimate of drug-likeness (QED) is 0.545. The number of hydrogen-bond donors (Lipinski definition) is 2. The lowest BCUT2D eigenvalue weighted by atomic mass is 10.1. The summed E-state index contributed by atoms with van der Waals surface area (Å²) >= 11 is 1.45. The molecule has 0 spiro atoms. The van der Waals surface area contributed by atoms with Crippen LogP contribution in [0.5, 0.6) is 28.7 Å². The second-order valence-corrected chi connectivity index (χ2v) is 7.01. The third kappa shape index (κ3) is 3.60. The number of aromatic hydroxyl groups is 2. The van der Waals surface area contributed by atoms with E-state index in [0.717, 1.165) is 5.56 Å². The van der Waals surface area contributed by atoms with E-state index in [1.54, 1.807) is 12.1 Å². The number of rotatable bonds is 6. The second-order valence-electron chi connectivity index (χ2n) is 5.91. The monoisotopic (exact) mass is 409 g/mol. The Hall–Kier alpha value is -2.85. The summed E-state index contributed by atoms with van der Waals surface area (Å²) in [6.45, 7) is 0. The van der Waals surface area contributed by atoms with Crippen molar-refractivity contribution in [3.63, 3.8) is 0 Å². The molecule has 3 rings (SSSR count). The van der Waals surface area contributed by atoms with Crippen LogP contribution in [0, 0.1) is 10.1 Å². The molecule has 0 radical (unpaired) electrons. The highest BCUT2D eigenvalue weighted by molar-refractivity contribution is 7.99. The molecule has 0 saturated carbocycles. The number of nitrogens with zero attached hydrogens (tertiary/aromatic N) is 1. The van der Waals surface area contributed by atoms with Crippen molar-refractivity contribution in [1.82, 2.24) is 0 Å². The molecule has 2 aromatic carbocycles. The van der Waals surface area contributed by atoms with Crippen LogP contribution in [0.25, 0.3) is 0 Å². The minimum atomic E-state index is -0.672. The average Bonchev–Trinajstić information content (AvgIpc) is 3.18. The Morgan fingerprint density at radius 2 is 1.54 bits per heavy atom. The number of hydrogen-bond acceptors (Lipinski definition) is 9. The molecule has 10 heteroatoms. The van der Waals surface area contributed by atoms with E-state index in [-0.39, 0.29) is 29.1 Å². The maximum Gasteiger partial charge on any atom is 0.315 e. The number of nitro benzene ring substituents is 1. The van der Waals surface area contributed by atoms with Gasteiger partial charge in [-0.3, -0.25) is 10.1 Å². The summed E-state index contributed by atoms with van der Waals surface area (Å²) in [6.07, 6.45) is -0.350. The molecule has 1 aliphatic heterocycles. The van der Waals surface area contributed by atoms with Crippen molar-refractivity contribution in [1.29, 1.82) is 0 Å². The summed E-state index contributed by atoms with van der Waals surface area (Å²) in [4.78, 5) is 10.5. The van der Waals surface area contributed by atoms with Crippen molar-refractivity contribution in [3.8, 4) is 28.7 Å². The average molecular weight is 409 g/mol. The second kappa shape index (κ2) is 8.03. The molecule has 2 N–H and O–H groups in total. The SMILES string of the molecule is COc1cc([C@H]2CS[C@@H](c3cc(OC)c(O)c([N+](=O)[O-])c3)O2)cc(OC)c1O. The molecular formula is C18H19NO8S. The van der Waals surface area contributed by atoms with Crippen LogP contribution in [-0.2, 0) is 4.74 Å². The van der Waals surface area contributed by atoms with Crippen LogP contribution in [0.4, 0.5) is 5.69 Å². The van der Waals surface area contributed by atoms with Crippen LogP contribution in [0.3, 0.4) is 0 Å². The molecule has 28 heavy (non-hydrogen) atoms. The van der Waals surface area contributed by atoms with E-state index in [0.29, 0.717) is 11.3 Å². The molecule has 2 atom stereocenters. The van der Waals surface area contributed by atoms with E-state index in [2.05, 4.69) is 0 Å². The number of methoxy groups -OCH3 is 3. The van der Waals surface area contributed by atoms with E-state index in [1.807, 2.05) is 0 Å². The zero-order valence-corrected chi connectivity index (χ0v) is 16.2. The third-order valence-electron chi connectivity index (χ3n) is 4.33. The van der Waals surface area contributed by atoms with Gasteiger partial charge in [0.05, 0.1) is 32.4 Å². The number of benzene rings is 2. The summed E-state index contributed by atoms with van der Waals surface area (Å²) in [5.74, 6) is 0.462. The fourth-order valence-corrected chi connectivity index (χ4v) is 4.06. The number of phenols is 2. The van der Waals surface area contributed by atoms with Gasteiger partial charge in [-0.2, -0.15) is 0 Å². The Labute approximate surface area is 164 Å². The van der Waals surface area contributed by atoms with Crippen LogP contribution < -0.4 is 14.2 Å². The molecule has 0 amide bonds. The first kappa shape index (κ1) is 19.9. The molecule has 0 unspecified atom stereocenters. The summed E-state index contributed by atoms with van der Waals surface area (Å²) in [5.41, 5.74) is 0.298. The maximum absolute atomic E-state index is 11.2. The number of thioether (sulfide) groups is 1. The Morgan fingerprint density at radius 3 is 2.07 bits per heavy atom. The minimum absolute atomic E-state index is 0.00446. The summed E-state index contributed by atoms with van der Waals surface area (Å²) in [5, 5.41) is 31.2. The van der Waals surface area contributed by atoms with Crippen LogP contribution in [0.1, 0.15) is 22.7 Å². The number of nitro groups is 1. The van der Waals surface area contributed by atoms with Crippen molar-refractivity contribution >= 4 is 17.4 Å². The first-order valence-corrected chi connectivity index (χ1v) is 9.21. The molecule has 0 aromatic heterocycles. The summed E-state index contributed by atoms with van der Waals surface area (Å²) in [6, 6.07) is 6.10. The van der Waals surface area contributed by atoms with Crippen molar-refractivity contribution in [3.05, 3.63) is 45.5 Å². The summed E-state index contributed by atoms with van der Waals surface area (Å²) in [7, 11) is 4.20. The number of phenolic OH excluding ortho intramolecular Hbond substituents is 2. The largest absolute Gasteiger partial charge is 0.502 e. The normalized spacial score (nSPS) is 18.7. The first-order chi connectivity index (χ1) is 13.4. The Kier molecular flexibility index (Phi) is 5.71. The molecular weight excluding hydrogens is 390 g/mol. The van der Waals surface area contributed by atoms with Crippen molar-refractivity contribution in [2.45, 2.75) is 11.5 Å². The highest BCUT2D eigenvalue weighted by Gasteiger charge is 2.32. The van der Waals surface area contributed by atoms with Gasteiger partial charge in [-0.25, -0.2) is 0 Å². The smallest absolute Gasteiger partial charge is 0.315 e. The third-order valence-corrected chi connectivity index (χ3v) is 5.51. The van der Waals surface area contributed by atoms with Crippen LogP contribution in [-0.4, -0.2) is 42.2 Å². The topological polar surface area (TPSA) is 121 Å². The lowest BCUT2D eigenvalue weighted by molar-refractivity contribution is -0.386. The minimum Gasteiger partial charge on any atom is -0.502 e. The summed E-state index contributed by atoms with van der Waals surface area (Å²) < 4.78 is 21.4. The van der Waals surface area contributed by atoms with Crippen LogP contribution >= 0.6 is 11.8 Å². The van der Waals surface area contributed by atoms with Gasteiger partial charge in [-0.15, -0.1) is 11.8 Å². The Bertz CT molecular complexity index is 878. The maximum atomic E-state index is 11.2. The van der Waals surface area contributed by atoms with Gasteiger partial charge < -0.3 is 29.2 Å². The molecule has 2 aromatic rings. The molecule has 1 fully saturated rings. The van der Waals surface area contributed by atoms with Gasteiger partial charge in [0, 0.05) is 17.4 Å². The van der Waals surface area contributed by atoms with Gasteiger partial charge in [0.15, 0.2) is 17.2 Å². The van der Waals surface area contributed by atoms with Crippen molar-refractivity contribution in [2.75, 3.05) is 27.1 Å². The van der Waals surface area contributed by atoms with Gasteiger partial charge in [0.1, 0.15) is 5.44 Å². The first-order valence-electron chi connectivity index (χ1n) is 8.16. The van der Waals surface area contributed by atoms with Crippen molar-refractivity contribution in [2.24, 2.45) is 0 Å². The van der Waals surface area contributed by atoms with Gasteiger partial charge >= 0.3 is 5.69 Å². The van der Waals surface area contributed by atoms with E-state index in [4.69, 9.17) is 18.9 Å². The molecule has 0 bridgehead atoms. The molecule has 1 aliphatic rings. The fraction of sp³-hybridized carbons (Fsp3) is 0.333. The Morgan fingerprint density at radius 1 is 1.00 bits per heavy atom. The van der Waals surface area contributed by atoms with Crippen LogP contribution in [0.2, 0.25) is 0 Å². The van der Waals surface area contributed by atoms with E-state index in [1.165, 1.54) is 45.2 Å². The predicted molar refractivity (Wildman–Crippen MR) is 102 cm³/mol. The van der Waals surface area contributed by atoms with E-state index in [9.17, 15) is 20.3 Å². The zero-order chi connectivity index (χ0) is 20.4. The number of ether oxygens (including phenoxy) is 4. The predicted octanol–water partition coefficient (Wildman–Crippen LogP) is 3.54. The molecule has 9 nitrogen and oxygen atoms in total.